The Morgan fingerprint density at radius 1 is 1.00 bits per heavy atom. The van der Waals surface area contributed by atoms with Crippen molar-refractivity contribution in [2.75, 3.05) is 0 Å². The number of rotatable bonds is 2. The molecule has 2 aromatic carbocycles. The van der Waals surface area contributed by atoms with Crippen molar-refractivity contribution in [1.82, 2.24) is 0 Å². The summed E-state index contributed by atoms with van der Waals surface area (Å²) in [5.41, 5.74) is 0. The molecule has 2 nitrogen and oxygen atoms in total. The Balaban J connectivity index is 2.35. The standard InChI is InChI=1S/C12H8Cl2O2/c13-8-6-10(14)12(11(15)7-8)16-9-4-2-1-3-5-9/h1-7,15H. The predicted octanol–water partition coefficient (Wildman–Crippen LogP) is 4.49. The topological polar surface area (TPSA) is 29.5 Å². The van der Waals surface area contributed by atoms with E-state index in [0.29, 0.717) is 10.8 Å². The summed E-state index contributed by atoms with van der Waals surface area (Å²) in [6, 6.07) is 12.0. The number of hydrogen-bond donors (Lipinski definition) is 1. The van der Waals surface area contributed by atoms with Crippen molar-refractivity contribution in [3.63, 3.8) is 0 Å². The van der Waals surface area contributed by atoms with Gasteiger partial charge in [-0.3, -0.25) is 0 Å². The Hall–Kier alpha value is -1.38. The minimum Gasteiger partial charge on any atom is -0.504 e. The molecule has 0 aliphatic heterocycles. The minimum absolute atomic E-state index is 0.0821. The summed E-state index contributed by atoms with van der Waals surface area (Å²) in [7, 11) is 0. The first-order chi connectivity index (χ1) is 7.66. The molecular formula is C12H8Cl2O2. The van der Waals surface area contributed by atoms with E-state index in [1.165, 1.54) is 12.1 Å². The van der Waals surface area contributed by atoms with Gasteiger partial charge in [-0.25, -0.2) is 0 Å². The monoisotopic (exact) mass is 254 g/mol. The number of para-hydroxylation sites is 1. The van der Waals surface area contributed by atoms with Crippen LogP contribution in [-0.4, -0.2) is 5.11 Å². The van der Waals surface area contributed by atoms with Crippen molar-refractivity contribution >= 4 is 23.2 Å². The molecule has 0 saturated carbocycles. The van der Waals surface area contributed by atoms with Crippen LogP contribution in [0.2, 0.25) is 10.0 Å². The summed E-state index contributed by atoms with van der Waals surface area (Å²) in [4.78, 5) is 0. The van der Waals surface area contributed by atoms with E-state index in [9.17, 15) is 5.11 Å². The second-order valence-electron chi connectivity index (χ2n) is 3.15. The Morgan fingerprint density at radius 3 is 2.31 bits per heavy atom. The molecule has 0 aromatic heterocycles. The molecule has 0 fully saturated rings. The Labute approximate surface area is 103 Å². The van der Waals surface area contributed by atoms with Crippen LogP contribution in [0.4, 0.5) is 0 Å². The number of phenols is 1. The number of hydrogen-bond acceptors (Lipinski definition) is 2. The number of ether oxygens (including phenoxy) is 1. The molecule has 2 rings (SSSR count). The number of benzene rings is 2. The summed E-state index contributed by atoms with van der Waals surface area (Å²) >= 11 is 11.6. The van der Waals surface area contributed by atoms with E-state index in [1.807, 2.05) is 18.2 Å². The SMILES string of the molecule is Oc1cc(Cl)cc(Cl)c1Oc1ccccc1. The first kappa shape index (κ1) is 11.1. The van der Waals surface area contributed by atoms with Crippen molar-refractivity contribution in [2.24, 2.45) is 0 Å². The van der Waals surface area contributed by atoms with E-state index >= 15 is 0 Å². The second kappa shape index (κ2) is 4.64. The third-order valence-electron chi connectivity index (χ3n) is 1.95. The summed E-state index contributed by atoms with van der Waals surface area (Å²) in [5, 5.41) is 10.3. The quantitative estimate of drug-likeness (QED) is 0.856. The Bertz CT molecular complexity index is 475. The van der Waals surface area contributed by atoms with Gasteiger partial charge in [-0.15, -0.1) is 0 Å². The fraction of sp³-hybridized carbons (Fsp3) is 0. The van der Waals surface area contributed by atoms with Gasteiger partial charge in [0, 0.05) is 11.1 Å². The molecular weight excluding hydrogens is 247 g/mol. The van der Waals surface area contributed by atoms with Crippen LogP contribution in [0.25, 0.3) is 0 Å². The highest BCUT2D eigenvalue weighted by molar-refractivity contribution is 6.35. The van der Waals surface area contributed by atoms with Gasteiger partial charge in [-0.1, -0.05) is 41.4 Å². The summed E-state index contributed by atoms with van der Waals surface area (Å²) < 4.78 is 5.45. The zero-order valence-electron chi connectivity index (χ0n) is 8.15. The van der Waals surface area contributed by atoms with Gasteiger partial charge in [-0.05, 0) is 18.2 Å². The lowest BCUT2D eigenvalue weighted by Crippen LogP contribution is -1.85. The maximum atomic E-state index is 9.64. The highest BCUT2D eigenvalue weighted by atomic mass is 35.5. The molecule has 0 spiro atoms. The highest BCUT2D eigenvalue weighted by Gasteiger charge is 2.10. The molecule has 82 valence electrons. The fourth-order valence-electron chi connectivity index (χ4n) is 1.25. The molecule has 0 heterocycles. The molecule has 4 heteroatoms. The number of aromatic hydroxyl groups is 1. The van der Waals surface area contributed by atoms with Gasteiger partial charge in [0.15, 0.2) is 11.5 Å². The van der Waals surface area contributed by atoms with Gasteiger partial charge in [0.2, 0.25) is 0 Å². The number of phenolic OH excluding ortho intramolecular Hbond substituents is 1. The van der Waals surface area contributed by atoms with Crippen LogP contribution in [0, 0.1) is 0 Å². The van der Waals surface area contributed by atoms with Gasteiger partial charge >= 0.3 is 0 Å². The maximum absolute atomic E-state index is 9.64. The smallest absolute Gasteiger partial charge is 0.187 e. The van der Waals surface area contributed by atoms with Crippen LogP contribution >= 0.6 is 23.2 Å². The van der Waals surface area contributed by atoms with Crippen LogP contribution < -0.4 is 4.74 Å². The van der Waals surface area contributed by atoms with E-state index in [-0.39, 0.29) is 16.5 Å². The highest BCUT2D eigenvalue weighted by Crippen LogP contribution is 2.39. The van der Waals surface area contributed by atoms with Crippen molar-refractivity contribution in [3.8, 4) is 17.2 Å². The van der Waals surface area contributed by atoms with Gasteiger partial charge in [0.05, 0.1) is 5.02 Å². The van der Waals surface area contributed by atoms with Crippen LogP contribution in [0.15, 0.2) is 42.5 Å². The van der Waals surface area contributed by atoms with Gasteiger partial charge in [-0.2, -0.15) is 0 Å². The lowest BCUT2D eigenvalue weighted by Gasteiger charge is -2.09. The largest absolute Gasteiger partial charge is 0.504 e. The lowest BCUT2D eigenvalue weighted by molar-refractivity contribution is 0.411. The zero-order valence-corrected chi connectivity index (χ0v) is 9.66. The van der Waals surface area contributed by atoms with Crippen molar-refractivity contribution in [3.05, 3.63) is 52.5 Å². The average molecular weight is 255 g/mol. The normalized spacial score (nSPS) is 10.1. The first-order valence-corrected chi connectivity index (χ1v) is 5.33. The molecule has 0 amide bonds. The Morgan fingerprint density at radius 2 is 1.69 bits per heavy atom. The molecule has 0 unspecified atom stereocenters. The van der Waals surface area contributed by atoms with E-state index in [4.69, 9.17) is 27.9 Å². The summed E-state index contributed by atoms with van der Waals surface area (Å²) in [5.74, 6) is 0.723. The van der Waals surface area contributed by atoms with E-state index < -0.39 is 0 Å². The molecule has 0 saturated heterocycles. The minimum atomic E-state index is -0.0821. The van der Waals surface area contributed by atoms with Gasteiger partial charge < -0.3 is 9.84 Å². The van der Waals surface area contributed by atoms with Gasteiger partial charge in [0.25, 0.3) is 0 Å². The molecule has 16 heavy (non-hydrogen) atoms. The number of halogens is 2. The van der Waals surface area contributed by atoms with Crippen LogP contribution in [0.3, 0.4) is 0 Å². The van der Waals surface area contributed by atoms with Crippen molar-refractivity contribution < 1.29 is 9.84 Å². The van der Waals surface area contributed by atoms with Crippen LogP contribution in [-0.2, 0) is 0 Å². The van der Waals surface area contributed by atoms with Crippen molar-refractivity contribution in [2.45, 2.75) is 0 Å². The molecule has 0 aliphatic rings. The van der Waals surface area contributed by atoms with E-state index in [0.717, 1.165) is 0 Å². The predicted molar refractivity (Wildman–Crippen MR) is 64.6 cm³/mol. The van der Waals surface area contributed by atoms with Crippen molar-refractivity contribution in [1.29, 1.82) is 0 Å². The lowest BCUT2D eigenvalue weighted by atomic mass is 10.3. The third kappa shape index (κ3) is 2.40. The molecule has 0 bridgehead atoms. The zero-order chi connectivity index (χ0) is 11.5. The molecule has 0 radical (unpaired) electrons. The van der Waals surface area contributed by atoms with Gasteiger partial charge in [0.1, 0.15) is 5.75 Å². The fourth-order valence-corrected chi connectivity index (χ4v) is 1.78. The van der Waals surface area contributed by atoms with E-state index in [1.54, 1.807) is 12.1 Å². The summed E-state index contributed by atoms with van der Waals surface area (Å²) in [6.45, 7) is 0. The second-order valence-corrected chi connectivity index (χ2v) is 3.99. The summed E-state index contributed by atoms with van der Waals surface area (Å²) in [6.07, 6.45) is 0. The first-order valence-electron chi connectivity index (χ1n) is 4.58. The molecule has 2 aromatic rings. The molecule has 0 atom stereocenters. The third-order valence-corrected chi connectivity index (χ3v) is 2.45. The Kier molecular flexibility index (Phi) is 3.22. The molecule has 1 N–H and O–H groups in total. The molecule has 0 aliphatic carbocycles. The van der Waals surface area contributed by atoms with E-state index in [2.05, 4.69) is 0 Å². The maximum Gasteiger partial charge on any atom is 0.187 e. The van der Waals surface area contributed by atoms with Crippen LogP contribution in [0.5, 0.6) is 17.2 Å². The van der Waals surface area contributed by atoms with Crippen LogP contribution in [0.1, 0.15) is 0 Å². The average Bonchev–Trinajstić information content (AvgIpc) is 2.25.